The molecule has 1 aromatic rings. The molecule has 20 heavy (non-hydrogen) atoms. The van der Waals surface area contributed by atoms with E-state index >= 15 is 0 Å². The van der Waals surface area contributed by atoms with Crippen molar-refractivity contribution in [1.82, 2.24) is 9.47 Å². The number of halogens is 1. The molecular weight excluding hydrogens is 316 g/mol. The number of carbonyl (C=O) groups excluding carboxylic acids is 1. The van der Waals surface area contributed by atoms with Crippen LogP contribution >= 0.6 is 15.9 Å². The van der Waals surface area contributed by atoms with Crippen molar-refractivity contribution in [3.8, 4) is 0 Å². The minimum Gasteiger partial charge on any atom is -0.340 e. The van der Waals surface area contributed by atoms with Crippen LogP contribution in [0.1, 0.15) is 69.4 Å². The van der Waals surface area contributed by atoms with Gasteiger partial charge in [-0.25, -0.2) is 0 Å². The van der Waals surface area contributed by atoms with Gasteiger partial charge in [-0.15, -0.1) is 0 Å². The molecule has 1 atom stereocenters. The van der Waals surface area contributed by atoms with Crippen LogP contribution in [0.3, 0.4) is 0 Å². The lowest BCUT2D eigenvalue weighted by Crippen LogP contribution is -2.44. The monoisotopic (exact) mass is 340 g/mol. The Morgan fingerprint density at radius 2 is 2.20 bits per heavy atom. The fourth-order valence-corrected chi connectivity index (χ4v) is 3.53. The molecule has 1 aliphatic heterocycles. The number of rotatable bonds is 4. The molecule has 2 heterocycles. The molecular formula is C16H25BrN2O. The zero-order chi connectivity index (χ0) is 14.7. The number of amides is 1. The largest absolute Gasteiger partial charge is 0.340 e. The number of hydrogen-bond acceptors (Lipinski definition) is 1. The molecule has 0 aliphatic carbocycles. The summed E-state index contributed by atoms with van der Waals surface area (Å²) in [5.41, 5.74) is 0.815. The van der Waals surface area contributed by atoms with E-state index in [2.05, 4.69) is 46.2 Å². The quantitative estimate of drug-likeness (QED) is 0.784. The van der Waals surface area contributed by atoms with Gasteiger partial charge in [0.2, 0.25) is 0 Å². The molecule has 0 saturated carbocycles. The average molecular weight is 341 g/mol. The first-order valence-corrected chi connectivity index (χ1v) is 8.52. The van der Waals surface area contributed by atoms with E-state index in [-0.39, 0.29) is 5.91 Å². The molecule has 0 bridgehead atoms. The van der Waals surface area contributed by atoms with Crippen LogP contribution in [0.25, 0.3) is 0 Å². The van der Waals surface area contributed by atoms with Gasteiger partial charge in [0.15, 0.2) is 0 Å². The van der Waals surface area contributed by atoms with Gasteiger partial charge in [-0.1, -0.05) is 13.3 Å². The third-order valence-corrected chi connectivity index (χ3v) is 4.53. The first kappa shape index (κ1) is 15.6. The van der Waals surface area contributed by atoms with Crippen molar-refractivity contribution in [2.45, 2.75) is 65.0 Å². The number of likely N-dealkylation sites (tertiary alicyclic amines) is 1. The highest BCUT2D eigenvalue weighted by atomic mass is 79.9. The van der Waals surface area contributed by atoms with Crippen LogP contribution < -0.4 is 0 Å². The van der Waals surface area contributed by atoms with Gasteiger partial charge < -0.3 is 9.47 Å². The van der Waals surface area contributed by atoms with Crippen LogP contribution in [-0.2, 0) is 0 Å². The van der Waals surface area contributed by atoms with E-state index in [9.17, 15) is 4.79 Å². The Balaban J connectivity index is 2.25. The second kappa shape index (κ2) is 6.79. The summed E-state index contributed by atoms with van der Waals surface area (Å²) in [6, 6.07) is 2.69. The Morgan fingerprint density at radius 1 is 1.45 bits per heavy atom. The summed E-state index contributed by atoms with van der Waals surface area (Å²) in [5.74, 6) is 0.197. The van der Waals surface area contributed by atoms with Crippen LogP contribution in [-0.4, -0.2) is 28.0 Å². The summed E-state index contributed by atoms with van der Waals surface area (Å²) < 4.78 is 3.06. The van der Waals surface area contributed by atoms with Gasteiger partial charge in [0, 0.05) is 29.3 Å². The fraction of sp³-hybridized carbons (Fsp3) is 0.688. The summed E-state index contributed by atoms with van der Waals surface area (Å²) in [4.78, 5) is 15.0. The lowest BCUT2D eigenvalue weighted by Gasteiger charge is -2.36. The summed E-state index contributed by atoms with van der Waals surface area (Å²) in [6.07, 6.45) is 7.82. The van der Waals surface area contributed by atoms with E-state index in [1.54, 1.807) is 0 Å². The lowest BCUT2D eigenvalue weighted by atomic mass is 9.98. The number of aromatic nitrogens is 1. The van der Waals surface area contributed by atoms with Crippen molar-refractivity contribution >= 4 is 21.8 Å². The molecule has 0 N–H and O–H groups in total. The SMILES string of the molecule is CCCC1CCCCN1C(=O)c1cc(Br)cn1C(C)C. The molecule has 0 spiro atoms. The van der Waals surface area contributed by atoms with E-state index in [4.69, 9.17) is 0 Å². The van der Waals surface area contributed by atoms with Gasteiger partial charge in [0.25, 0.3) is 5.91 Å². The topological polar surface area (TPSA) is 25.2 Å². The van der Waals surface area contributed by atoms with E-state index in [1.807, 2.05) is 12.3 Å². The smallest absolute Gasteiger partial charge is 0.270 e. The molecule has 1 fully saturated rings. The second-order valence-electron chi connectivity index (χ2n) is 5.98. The Kier molecular flexibility index (Phi) is 5.30. The van der Waals surface area contributed by atoms with Gasteiger partial charge in [-0.2, -0.15) is 0 Å². The summed E-state index contributed by atoms with van der Waals surface area (Å²) >= 11 is 3.50. The van der Waals surface area contributed by atoms with E-state index in [0.717, 1.165) is 42.4 Å². The van der Waals surface area contributed by atoms with Crippen LogP contribution in [0.4, 0.5) is 0 Å². The summed E-state index contributed by atoms with van der Waals surface area (Å²) in [5, 5.41) is 0. The summed E-state index contributed by atoms with van der Waals surface area (Å²) in [6.45, 7) is 7.33. The molecule has 1 aromatic heterocycles. The third-order valence-electron chi connectivity index (χ3n) is 4.10. The van der Waals surface area contributed by atoms with E-state index < -0.39 is 0 Å². The van der Waals surface area contributed by atoms with Crippen LogP contribution in [0, 0.1) is 0 Å². The van der Waals surface area contributed by atoms with E-state index in [0.29, 0.717) is 12.1 Å². The summed E-state index contributed by atoms with van der Waals surface area (Å²) in [7, 11) is 0. The molecule has 0 radical (unpaired) electrons. The fourth-order valence-electron chi connectivity index (χ4n) is 3.09. The molecule has 1 aliphatic rings. The maximum absolute atomic E-state index is 12.9. The lowest BCUT2D eigenvalue weighted by molar-refractivity contribution is 0.0588. The van der Waals surface area contributed by atoms with Crippen molar-refractivity contribution in [2.75, 3.05) is 6.54 Å². The number of hydrogen-bond donors (Lipinski definition) is 0. The van der Waals surface area contributed by atoms with Gasteiger partial charge in [0.05, 0.1) is 0 Å². The highest BCUT2D eigenvalue weighted by molar-refractivity contribution is 9.10. The molecule has 0 aromatic carbocycles. The van der Waals surface area contributed by atoms with Crippen molar-refractivity contribution in [2.24, 2.45) is 0 Å². The Hall–Kier alpha value is -0.770. The standard InChI is InChI=1S/C16H25BrN2O/c1-4-7-14-8-5-6-9-18(14)16(20)15-10-13(17)11-19(15)12(2)3/h10-12,14H,4-9H2,1-3H3. The normalized spacial score (nSPS) is 19.6. The molecule has 1 unspecified atom stereocenters. The van der Waals surface area contributed by atoms with Crippen LogP contribution in [0.5, 0.6) is 0 Å². The van der Waals surface area contributed by atoms with Gasteiger partial charge in [-0.05, 0) is 61.5 Å². The first-order chi connectivity index (χ1) is 9.54. The Labute approximate surface area is 130 Å². The second-order valence-corrected chi connectivity index (χ2v) is 6.90. The minimum absolute atomic E-state index is 0.197. The third kappa shape index (κ3) is 3.27. The van der Waals surface area contributed by atoms with Crippen molar-refractivity contribution in [3.05, 3.63) is 22.4 Å². The average Bonchev–Trinajstić information content (AvgIpc) is 2.81. The maximum atomic E-state index is 12.9. The maximum Gasteiger partial charge on any atom is 0.270 e. The van der Waals surface area contributed by atoms with Crippen molar-refractivity contribution in [3.63, 3.8) is 0 Å². The Bertz CT molecular complexity index is 465. The first-order valence-electron chi connectivity index (χ1n) is 7.73. The predicted molar refractivity (Wildman–Crippen MR) is 86.1 cm³/mol. The van der Waals surface area contributed by atoms with Gasteiger partial charge >= 0.3 is 0 Å². The minimum atomic E-state index is 0.197. The Morgan fingerprint density at radius 3 is 2.85 bits per heavy atom. The highest BCUT2D eigenvalue weighted by Crippen LogP contribution is 2.26. The van der Waals surface area contributed by atoms with E-state index in [1.165, 1.54) is 6.42 Å². The zero-order valence-electron chi connectivity index (χ0n) is 12.7. The molecule has 1 saturated heterocycles. The molecule has 2 rings (SSSR count). The number of carbonyl (C=O) groups is 1. The number of nitrogens with zero attached hydrogens (tertiary/aromatic N) is 2. The van der Waals surface area contributed by atoms with Gasteiger partial charge in [0.1, 0.15) is 5.69 Å². The van der Waals surface area contributed by atoms with Crippen LogP contribution in [0.15, 0.2) is 16.7 Å². The molecule has 1 amide bonds. The number of piperidine rings is 1. The molecule has 112 valence electrons. The molecule has 3 nitrogen and oxygen atoms in total. The van der Waals surface area contributed by atoms with Crippen LogP contribution in [0.2, 0.25) is 0 Å². The van der Waals surface area contributed by atoms with Crippen molar-refractivity contribution in [1.29, 1.82) is 0 Å². The van der Waals surface area contributed by atoms with Crippen molar-refractivity contribution < 1.29 is 4.79 Å². The molecule has 4 heteroatoms. The predicted octanol–water partition coefficient (Wildman–Crippen LogP) is 4.63. The van der Waals surface area contributed by atoms with Gasteiger partial charge in [-0.3, -0.25) is 4.79 Å². The highest BCUT2D eigenvalue weighted by Gasteiger charge is 2.28. The zero-order valence-corrected chi connectivity index (χ0v) is 14.3.